The molecule has 2 heterocycles. The van der Waals surface area contributed by atoms with Gasteiger partial charge in [-0.05, 0) is 69.8 Å². The Balaban J connectivity index is 1.37. The highest BCUT2D eigenvalue weighted by Crippen LogP contribution is 2.41. The van der Waals surface area contributed by atoms with Crippen LogP contribution in [0.2, 0.25) is 0 Å². The molecule has 8 heteroatoms. The van der Waals surface area contributed by atoms with Gasteiger partial charge in [-0.1, -0.05) is 12.8 Å². The first-order valence-corrected chi connectivity index (χ1v) is 13.3. The Kier molecular flexibility index (Phi) is 8.30. The number of carboxylic acids is 1. The molecule has 5 nitrogen and oxygen atoms in total. The molecular formula is C26H34F2N2O3S. The molecule has 2 aromatic rings. The molecule has 0 bridgehead atoms. The summed E-state index contributed by atoms with van der Waals surface area (Å²) >= 11 is 2.04. The predicted molar refractivity (Wildman–Crippen MR) is 132 cm³/mol. The van der Waals surface area contributed by atoms with Gasteiger partial charge in [-0.2, -0.15) is 11.8 Å². The van der Waals surface area contributed by atoms with E-state index in [-0.39, 0.29) is 18.4 Å². The first kappa shape index (κ1) is 25.2. The number of carbonyl (C=O) groups is 1. The van der Waals surface area contributed by atoms with Crippen molar-refractivity contribution >= 4 is 28.6 Å². The van der Waals surface area contributed by atoms with E-state index in [0.717, 1.165) is 23.7 Å². The molecule has 0 amide bonds. The van der Waals surface area contributed by atoms with Gasteiger partial charge >= 0.3 is 5.97 Å². The second kappa shape index (κ2) is 11.2. The van der Waals surface area contributed by atoms with Gasteiger partial charge in [0.25, 0.3) is 0 Å². The molecule has 1 N–H and O–H groups in total. The first-order chi connectivity index (χ1) is 16.4. The van der Waals surface area contributed by atoms with Crippen molar-refractivity contribution < 1.29 is 23.4 Å². The number of rotatable bonds is 10. The minimum Gasteiger partial charge on any atom is -0.497 e. The zero-order valence-electron chi connectivity index (χ0n) is 19.8. The minimum atomic E-state index is -1.62. The van der Waals surface area contributed by atoms with Crippen LogP contribution in [0.5, 0.6) is 5.75 Å². The summed E-state index contributed by atoms with van der Waals surface area (Å²) in [6.07, 6.45) is 5.86. The van der Waals surface area contributed by atoms with Crippen LogP contribution in [0.15, 0.2) is 24.4 Å². The molecule has 0 radical (unpaired) electrons. The van der Waals surface area contributed by atoms with Gasteiger partial charge in [0, 0.05) is 28.5 Å². The van der Waals surface area contributed by atoms with E-state index in [2.05, 4.69) is 9.88 Å². The van der Waals surface area contributed by atoms with Gasteiger partial charge in [0.1, 0.15) is 17.7 Å². The van der Waals surface area contributed by atoms with Crippen molar-refractivity contribution in [2.24, 2.45) is 5.41 Å². The lowest BCUT2D eigenvalue weighted by atomic mass is 9.74. The Hall–Kier alpha value is -1.93. The van der Waals surface area contributed by atoms with Crippen molar-refractivity contribution in [3.8, 4) is 5.75 Å². The third kappa shape index (κ3) is 5.65. The summed E-state index contributed by atoms with van der Waals surface area (Å²) in [6, 6.07) is 4.95. The quantitative estimate of drug-likeness (QED) is 0.438. The molecule has 1 aromatic carbocycles. The number of fused-ring (bicyclic) bond motifs is 1. The number of hydrogen-bond donors (Lipinski definition) is 1. The third-order valence-corrected chi connectivity index (χ3v) is 8.95. The van der Waals surface area contributed by atoms with E-state index >= 15 is 4.39 Å². The van der Waals surface area contributed by atoms with Crippen LogP contribution in [-0.4, -0.2) is 58.7 Å². The Morgan fingerprint density at radius 1 is 1.32 bits per heavy atom. The molecule has 1 saturated heterocycles. The van der Waals surface area contributed by atoms with Gasteiger partial charge in [-0.25, -0.2) is 8.78 Å². The van der Waals surface area contributed by atoms with Crippen molar-refractivity contribution in [1.29, 1.82) is 0 Å². The Labute approximate surface area is 204 Å². The average molecular weight is 493 g/mol. The standard InChI is InChI=1S/C26H34F2N2O3S/c1-33-18-6-7-23-20(16-18)24(22(28)17-29-23)21(27)8-9-26(25(31)32)10-12-30(13-11-26)14-15-34-19-4-2-3-5-19/h6-7,16-17,19,21H,2-5,8-15H2,1H3,(H,31,32). The zero-order valence-corrected chi connectivity index (χ0v) is 20.6. The number of piperidine rings is 1. The van der Waals surface area contributed by atoms with E-state index in [1.165, 1.54) is 32.8 Å². The predicted octanol–water partition coefficient (Wildman–Crippen LogP) is 6.02. The summed E-state index contributed by atoms with van der Waals surface area (Å²) in [4.78, 5) is 18.6. The molecule has 1 aliphatic carbocycles. The summed E-state index contributed by atoms with van der Waals surface area (Å²) < 4.78 is 35.3. The van der Waals surface area contributed by atoms with Crippen molar-refractivity contribution in [3.63, 3.8) is 0 Å². The number of thioether (sulfide) groups is 1. The fourth-order valence-electron chi connectivity index (χ4n) is 5.34. The molecule has 186 valence electrons. The Morgan fingerprint density at radius 3 is 2.74 bits per heavy atom. The van der Waals surface area contributed by atoms with Gasteiger partial charge in [0.2, 0.25) is 0 Å². The normalized spacial score (nSPS) is 20.0. The lowest BCUT2D eigenvalue weighted by Gasteiger charge is -2.39. The number of hydrogen-bond acceptors (Lipinski definition) is 5. The van der Waals surface area contributed by atoms with Gasteiger partial charge in [0.05, 0.1) is 24.2 Å². The largest absolute Gasteiger partial charge is 0.497 e. The fraction of sp³-hybridized carbons (Fsp3) is 0.615. The number of alkyl halides is 1. The van der Waals surface area contributed by atoms with Crippen LogP contribution in [0.1, 0.15) is 63.1 Å². The summed E-state index contributed by atoms with van der Waals surface area (Å²) in [6.45, 7) is 2.38. The smallest absolute Gasteiger partial charge is 0.309 e. The molecular weight excluding hydrogens is 458 g/mol. The van der Waals surface area contributed by atoms with E-state index in [1.54, 1.807) is 18.2 Å². The van der Waals surface area contributed by atoms with E-state index in [0.29, 0.717) is 42.6 Å². The topological polar surface area (TPSA) is 62.7 Å². The van der Waals surface area contributed by atoms with Gasteiger partial charge < -0.3 is 14.7 Å². The van der Waals surface area contributed by atoms with Crippen LogP contribution in [0.3, 0.4) is 0 Å². The van der Waals surface area contributed by atoms with Crippen molar-refractivity contribution in [3.05, 3.63) is 35.8 Å². The highest BCUT2D eigenvalue weighted by Gasteiger charge is 2.42. The van der Waals surface area contributed by atoms with Crippen LogP contribution >= 0.6 is 11.8 Å². The summed E-state index contributed by atoms with van der Waals surface area (Å²) in [7, 11) is 1.50. The van der Waals surface area contributed by atoms with Crippen molar-refractivity contribution in [2.75, 3.05) is 32.5 Å². The average Bonchev–Trinajstić information content (AvgIpc) is 3.36. The fourth-order valence-corrected chi connectivity index (χ4v) is 6.70. The number of carboxylic acid groups (broad SMARTS) is 1. The summed E-state index contributed by atoms with van der Waals surface area (Å²) in [5.74, 6) is -0.0164. The maximum absolute atomic E-state index is 15.4. The number of pyridine rings is 1. The molecule has 1 atom stereocenters. The lowest BCUT2D eigenvalue weighted by molar-refractivity contribution is -0.153. The lowest BCUT2D eigenvalue weighted by Crippen LogP contribution is -2.45. The number of methoxy groups -OCH3 is 1. The number of benzene rings is 1. The number of halogens is 2. The molecule has 1 aromatic heterocycles. The second-order valence-corrected chi connectivity index (χ2v) is 11.0. The maximum Gasteiger partial charge on any atom is 0.309 e. The van der Waals surface area contributed by atoms with Gasteiger partial charge in [0.15, 0.2) is 0 Å². The van der Waals surface area contributed by atoms with Crippen LogP contribution in [0.25, 0.3) is 10.9 Å². The molecule has 1 unspecified atom stereocenters. The van der Waals surface area contributed by atoms with Crippen molar-refractivity contribution in [1.82, 2.24) is 9.88 Å². The molecule has 2 aliphatic rings. The molecule has 0 spiro atoms. The number of ether oxygens (including phenoxy) is 1. The highest BCUT2D eigenvalue weighted by molar-refractivity contribution is 7.99. The second-order valence-electron chi connectivity index (χ2n) is 9.61. The van der Waals surface area contributed by atoms with E-state index in [1.807, 2.05) is 11.8 Å². The van der Waals surface area contributed by atoms with Gasteiger partial charge in [-0.3, -0.25) is 9.78 Å². The molecule has 1 aliphatic heterocycles. The molecule has 34 heavy (non-hydrogen) atoms. The van der Waals surface area contributed by atoms with Crippen LogP contribution < -0.4 is 4.74 Å². The van der Waals surface area contributed by atoms with E-state index in [4.69, 9.17) is 4.74 Å². The molecule has 2 fully saturated rings. The Morgan fingerprint density at radius 2 is 2.06 bits per heavy atom. The monoisotopic (exact) mass is 492 g/mol. The molecule has 4 rings (SSSR count). The van der Waals surface area contributed by atoms with Crippen LogP contribution in [-0.2, 0) is 4.79 Å². The summed E-state index contributed by atoms with van der Waals surface area (Å²) in [5, 5.41) is 11.2. The summed E-state index contributed by atoms with van der Waals surface area (Å²) in [5.41, 5.74) is -0.543. The highest BCUT2D eigenvalue weighted by atomic mass is 32.2. The number of nitrogens with zero attached hydrogens (tertiary/aromatic N) is 2. The minimum absolute atomic E-state index is 0.0446. The van der Waals surface area contributed by atoms with Crippen LogP contribution in [0, 0.1) is 11.2 Å². The third-order valence-electron chi connectivity index (χ3n) is 7.59. The molecule has 1 saturated carbocycles. The van der Waals surface area contributed by atoms with E-state index < -0.39 is 23.4 Å². The van der Waals surface area contributed by atoms with Crippen LogP contribution in [0.4, 0.5) is 8.78 Å². The van der Waals surface area contributed by atoms with Crippen molar-refractivity contribution in [2.45, 2.75) is 62.8 Å². The van der Waals surface area contributed by atoms with Gasteiger partial charge in [-0.15, -0.1) is 0 Å². The number of aliphatic carboxylic acids is 1. The SMILES string of the molecule is COc1ccc2ncc(F)c(C(F)CCC3(C(=O)O)CCN(CCSC4CCCC4)CC3)c2c1. The number of aromatic nitrogens is 1. The first-order valence-electron chi connectivity index (χ1n) is 12.3. The number of likely N-dealkylation sites (tertiary alicyclic amines) is 1. The van der Waals surface area contributed by atoms with E-state index in [9.17, 15) is 14.3 Å². The Bertz CT molecular complexity index is 991. The zero-order chi connectivity index (χ0) is 24.1. The maximum atomic E-state index is 15.4.